The first-order valence-electron chi connectivity index (χ1n) is 9.39. The fourth-order valence-electron chi connectivity index (χ4n) is 2.95. The van der Waals surface area contributed by atoms with E-state index in [1.807, 2.05) is 30.3 Å². The monoisotopic (exact) mass is 466 g/mol. The van der Waals surface area contributed by atoms with Crippen molar-refractivity contribution in [1.29, 1.82) is 0 Å². The maximum atomic E-state index is 13.0. The van der Waals surface area contributed by atoms with Gasteiger partial charge >= 0.3 is 0 Å². The van der Waals surface area contributed by atoms with E-state index in [0.29, 0.717) is 10.7 Å². The Balaban J connectivity index is 1.57. The van der Waals surface area contributed by atoms with Crippen LogP contribution in [0.3, 0.4) is 0 Å². The summed E-state index contributed by atoms with van der Waals surface area (Å²) in [6, 6.07) is 16.9. The van der Waals surface area contributed by atoms with Crippen molar-refractivity contribution in [2.45, 2.75) is 6.61 Å². The summed E-state index contributed by atoms with van der Waals surface area (Å²) in [5, 5.41) is 2.88. The van der Waals surface area contributed by atoms with Gasteiger partial charge in [-0.2, -0.15) is 0 Å². The predicted octanol–water partition coefficient (Wildman–Crippen LogP) is 3.70. The van der Waals surface area contributed by atoms with Gasteiger partial charge in [-0.3, -0.25) is 24.6 Å². The molecule has 1 fully saturated rings. The van der Waals surface area contributed by atoms with Crippen LogP contribution in [0.2, 0.25) is 5.02 Å². The molecule has 1 N–H and O–H groups in total. The largest absolute Gasteiger partial charge is 0.482 e. The molecular weight excluding hydrogens is 452 g/mol. The number of halogens is 1. The Labute approximate surface area is 192 Å². The van der Waals surface area contributed by atoms with Crippen molar-refractivity contribution in [2.24, 2.45) is 0 Å². The Kier molecular flexibility index (Phi) is 6.16. The molecule has 2 aromatic carbocycles. The van der Waals surface area contributed by atoms with Gasteiger partial charge in [-0.1, -0.05) is 41.9 Å². The number of carbonyl (C=O) groups is 2. The number of rotatable bonds is 5. The second-order valence-electron chi connectivity index (χ2n) is 6.72. The van der Waals surface area contributed by atoms with Gasteiger partial charge in [0.2, 0.25) is 11.2 Å². The number of carbonyl (C=O) groups excluding carboxylic acids is 2. The maximum absolute atomic E-state index is 13.0. The van der Waals surface area contributed by atoms with Gasteiger partial charge in [-0.15, -0.1) is 0 Å². The molecule has 0 atom stereocenters. The average molecular weight is 467 g/mol. The van der Waals surface area contributed by atoms with Crippen LogP contribution >= 0.6 is 23.8 Å². The zero-order valence-electron chi connectivity index (χ0n) is 16.4. The fraction of sp³-hybridized carbons (Fsp3) is 0.0435. The van der Waals surface area contributed by atoms with Gasteiger partial charge in [0.05, 0.1) is 5.69 Å². The maximum Gasteiger partial charge on any atom is 0.270 e. The van der Waals surface area contributed by atoms with E-state index in [1.54, 1.807) is 24.3 Å². The van der Waals surface area contributed by atoms with Gasteiger partial charge in [0.1, 0.15) is 24.2 Å². The highest BCUT2D eigenvalue weighted by Crippen LogP contribution is 2.23. The van der Waals surface area contributed by atoms with E-state index < -0.39 is 17.2 Å². The molecule has 160 valence electrons. The molecule has 2 amide bonds. The van der Waals surface area contributed by atoms with Crippen molar-refractivity contribution in [3.63, 3.8) is 0 Å². The molecule has 0 aliphatic carbocycles. The minimum absolute atomic E-state index is 0.0133. The Bertz CT molecular complexity index is 1290. The zero-order valence-corrected chi connectivity index (χ0v) is 18.0. The number of hydrogen-bond acceptors (Lipinski definition) is 6. The summed E-state index contributed by atoms with van der Waals surface area (Å²) in [6.45, 7) is 0.195. The molecule has 32 heavy (non-hydrogen) atoms. The van der Waals surface area contributed by atoms with Crippen molar-refractivity contribution in [3.05, 3.63) is 99.1 Å². The van der Waals surface area contributed by atoms with E-state index >= 15 is 0 Å². The standard InChI is InChI=1S/C23H15ClN2O5S/c24-15-6-8-16(9-7-15)26-22(29)18(21(28)25-23(26)32)10-17-11-19(27)20(13-30-17)31-12-14-4-2-1-3-5-14/h1-11,13H,12H2,(H,25,28,32). The number of nitrogens with one attached hydrogen (secondary N) is 1. The van der Waals surface area contributed by atoms with Gasteiger partial charge in [0.25, 0.3) is 11.8 Å². The second kappa shape index (κ2) is 9.17. The fourth-order valence-corrected chi connectivity index (χ4v) is 3.36. The number of anilines is 1. The summed E-state index contributed by atoms with van der Waals surface area (Å²) < 4.78 is 10.9. The number of thiocarbonyl (C=S) groups is 1. The van der Waals surface area contributed by atoms with Crippen LogP contribution in [0.5, 0.6) is 5.75 Å². The molecule has 1 aromatic heterocycles. The third-order valence-electron chi connectivity index (χ3n) is 4.53. The first-order valence-corrected chi connectivity index (χ1v) is 10.2. The predicted molar refractivity (Wildman–Crippen MR) is 123 cm³/mol. The van der Waals surface area contributed by atoms with Gasteiger partial charge in [0.15, 0.2) is 5.11 Å². The van der Waals surface area contributed by atoms with Crippen molar-refractivity contribution < 1.29 is 18.7 Å². The summed E-state index contributed by atoms with van der Waals surface area (Å²) in [6.07, 6.45) is 2.33. The number of amides is 2. The molecule has 9 heteroatoms. The molecule has 0 radical (unpaired) electrons. The lowest BCUT2D eigenvalue weighted by atomic mass is 10.1. The van der Waals surface area contributed by atoms with E-state index in [9.17, 15) is 14.4 Å². The lowest BCUT2D eigenvalue weighted by Gasteiger charge is -2.28. The number of hydrogen-bond donors (Lipinski definition) is 1. The average Bonchev–Trinajstić information content (AvgIpc) is 2.78. The van der Waals surface area contributed by atoms with E-state index in [0.717, 1.165) is 22.8 Å². The summed E-state index contributed by atoms with van der Waals surface area (Å²) in [7, 11) is 0. The van der Waals surface area contributed by atoms with Gasteiger partial charge in [-0.05, 0) is 48.1 Å². The van der Waals surface area contributed by atoms with Crippen LogP contribution < -0.4 is 20.4 Å². The molecule has 0 bridgehead atoms. The van der Waals surface area contributed by atoms with E-state index in [-0.39, 0.29) is 28.8 Å². The third-order valence-corrected chi connectivity index (χ3v) is 5.07. The minimum Gasteiger partial charge on any atom is -0.482 e. The topological polar surface area (TPSA) is 88.9 Å². The van der Waals surface area contributed by atoms with E-state index in [1.165, 1.54) is 6.08 Å². The molecule has 7 nitrogen and oxygen atoms in total. The molecule has 0 saturated carbocycles. The summed E-state index contributed by atoms with van der Waals surface area (Å²) >= 11 is 11.0. The molecule has 2 heterocycles. The molecule has 1 aliphatic rings. The number of nitrogens with zero attached hydrogens (tertiary/aromatic N) is 1. The van der Waals surface area contributed by atoms with Crippen LogP contribution in [0.15, 0.2) is 81.7 Å². The Morgan fingerprint density at radius 2 is 1.78 bits per heavy atom. The molecule has 1 aliphatic heterocycles. The lowest BCUT2D eigenvalue weighted by Crippen LogP contribution is -2.54. The van der Waals surface area contributed by atoms with Crippen molar-refractivity contribution in [1.82, 2.24) is 5.32 Å². The van der Waals surface area contributed by atoms with Crippen LogP contribution in [-0.4, -0.2) is 16.9 Å². The number of benzene rings is 2. The Morgan fingerprint density at radius 1 is 1.06 bits per heavy atom. The molecule has 3 aromatic rings. The first kappa shape index (κ1) is 21.5. The molecule has 1 saturated heterocycles. The Morgan fingerprint density at radius 3 is 2.47 bits per heavy atom. The van der Waals surface area contributed by atoms with E-state index in [4.69, 9.17) is 33.0 Å². The SMILES string of the molecule is O=C1NC(=S)N(c2ccc(Cl)cc2)C(=O)C1=Cc1cc(=O)c(OCc2ccccc2)co1. The number of ether oxygens (including phenoxy) is 1. The van der Waals surface area contributed by atoms with Crippen molar-refractivity contribution >= 4 is 52.5 Å². The van der Waals surface area contributed by atoms with Crippen LogP contribution in [0.25, 0.3) is 6.08 Å². The quantitative estimate of drug-likeness (QED) is 0.350. The molecule has 4 rings (SSSR count). The molecular formula is C23H15ClN2O5S. The minimum atomic E-state index is -0.697. The third kappa shape index (κ3) is 4.61. The highest BCUT2D eigenvalue weighted by molar-refractivity contribution is 7.80. The summed E-state index contributed by atoms with van der Waals surface area (Å²) in [4.78, 5) is 38.9. The van der Waals surface area contributed by atoms with Crippen LogP contribution in [0.1, 0.15) is 11.3 Å². The zero-order chi connectivity index (χ0) is 22.7. The van der Waals surface area contributed by atoms with Crippen LogP contribution in [-0.2, 0) is 16.2 Å². The van der Waals surface area contributed by atoms with Crippen molar-refractivity contribution in [2.75, 3.05) is 4.90 Å². The summed E-state index contributed by atoms with van der Waals surface area (Å²) in [5.74, 6) is -1.32. The van der Waals surface area contributed by atoms with E-state index in [2.05, 4.69) is 5.32 Å². The molecule has 0 spiro atoms. The highest BCUT2D eigenvalue weighted by atomic mass is 35.5. The normalized spacial score (nSPS) is 15.1. The Hall–Kier alpha value is -3.75. The second-order valence-corrected chi connectivity index (χ2v) is 7.54. The summed E-state index contributed by atoms with van der Waals surface area (Å²) in [5.41, 5.74) is 0.629. The lowest BCUT2D eigenvalue weighted by molar-refractivity contribution is -0.122. The highest BCUT2D eigenvalue weighted by Gasteiger charge is 2.34. The smallest absolute Gasteiger partial charge is 0.270 e. The molecule has 0 unspecified atom stereocenters. The van der Waals surface area contributed by atoms with Gasteiger partial charge in [-0.25, -0.2) is 0 Å². The van der Waals surface area contributed by atoms with Crippen LogP contribution in [0.4, 0.5) is 5.69 Å². The van der Waals surface area contributed by atoms with Gasteiger partial charge in [0, 0.05) is 11.1 Å². The van der Waals surface area contributed by atoms with Crippen LogP contribution in [0, 0.1) is 0 Å². The van der Waals surface area contributed by atoms with Crippen molar-refractivity contribution in [3.8, 4) is 5.75 Å². The first-order chi connectivity index (χ1) is 15.4. The van der Waals surface area contributed by atoms with Gasteiger partial charge < -0.3 is 9.15 Å².